The number of nitrogens with two attached hydrogens (primary N) is 3. The van der Waals surface area contributed by atoms with E-state index in [1.54, 1.807) is 74.5 Å². The summed E-state index contributed by atoms with van der Waals surface area (Å²) in [7, 11) is 0. The molecule has 2 rings (SSSR count). The minimum atomic E-state index is -1.88. The molecule has 0 aliphatic rings. The van der Waals surface area contributed by atoms with Crippen molar-refractivity contribution in [3.63, 3.8) is 0 Å². The number of rotatable bonds is 28. The lowest BCUT2D eigenvalue weighted by Crippen LogP contribution is -2.61. The summed E-state index contributed by atoms with van der Waals surface area (Å²) >= 11 is 8.01. The Kier molecular flexibility index (Phi) is 23.5. The number of carboxylic acids is 1. The van der Waals surface area contributed by atoms with Gasteiger partial charge in [0.15, 0.2) is 0 Å². The van der Waals surface area contributed by atoms with Crippen LogP contribution >= 0.6 is 25.3 Å². The molecule has 0 saturated heterocycles. The highest BCUT2D eigenvalue weighted by molar-refractivity contribution is 7.80. The fourth-order valence-corrected chi connectivity index (χ4v) is 6.53. The summed E-state index contributed by atoms with van der Waals surface area (Å²) in [6.07, 6.45) is -1.62. The van der Waals surface area contributed by atoms with Crippen LogP contribution in [0.2, 0.25) is 0 Å². The van der Waals surface area contributed by atoms with Crippen molar-refractivity contribution in [3.8, 4) is 0 Å². The third kappa shape index (κ3) is 19.6. The van der Waals surface area contributed by atoms with E-state index in [0.717, 1.165) is 5.56 Å². The maximum absolute atomic E-state index is 13.8. The zero-order chi connectivity index (χ0) is 48.8. The summed E-state index contributed by atoms with van der Waals surface area (Å²) < 4.78 is 0. The number of carboxylic acid groups (broad SMARTS) is 1. The molecule has 22 nitrogen and oxygen atoms in total. The molecule has 8 atom stereocenters. The molecule has 65 heavy (non-hydrogen) atoms. The van der Waals surface area contributed by atoms with Crippen LogP contribution in [0.1, 0.15) is 44.2 Å². The first-order valence-electron chi connectivity index (χ1n) is 20.3. The normalized spacial score (nSPS) is 14.6. The van der Waals surface area contributed by atoms with Gasteiger partial charge in [-0.2, -0.15) is 25.3 Å². The highest BCUT2D eigenvalue weighted by Crippen LogP contribution is 2.09. The Bertz CT molecular complexity index is 1980. The number of aliphatic hydroxyl groups is 1. The molecule has 0 heterocycles. The highest BCUT2D eigenvalue weighted by Gasteiger charge is 2.35. The lowest BCUT2D eigenvalue weighted by atomic mass is 10.0. The average molecular weight is 947 g/mol. The van der Waals surface area contributed by atoms with Crippen LogP contribution in [-0.2, 0) is 60.8 Å². The molecule has 0 aliphatic heterocycles. The van der Waals surface area contributed by atoms with Gasteiger partial charge in [-0.3, -0.25) is 43.2 Å². The van der Waals surface area contributed by atoms with E-state index in [1.807, 2.05) is 0 Å². The Morgan fingerprint density at radius 2 is 0.862 bits per heavy atom. The smallest absolute Gasteiger partial charge is 0.327 e. The van der Waals surface area contributed by atoms with Gasteiger partial charge in [0.05, 0.1) is 25.5 Å². The van der Waals surface area contributed by atoms with Crippen LogP contribution in [0.5, 0.6) is 0 Å². The van der Waals surface area contributed by atoms with Gasteiger partial charge in [-0.15, -0.1) is 0 Å². The molecule has 2 aromatic carbocycles. The number of aliphatic carboxylic acids is 1. The molecule has 0 fully saturated rings. The predicted octanol–water partition coefficient (Wildman–Crippen LogP) is -4.07. The molecule has 0 saturated carbocycles. The second-order valence-corrected chi connectivity index (χ2v) is 16.0. The van der Waals surface area contributed by atoms with E-state index in [-0.39, 0.29) is 36.7 Å². The van der Waals surface area contributed by atoms with Gasteiger partial charge in [-0.05, 0) is 29.9 Å². The van der Waals surface area contributed by atoms with Crippen molar-refractivity contribution in [2.24, 2.45) is 23.1 Å². The first kappa shape index (κ1) is 54.9. The maximum Gasteiger partial charge on any atom is 0.327 e. The van der Waals surface area contributed by atoms with Gasteiger partial charge in [-0.25, -0.2) is 4.79 Å². The van der Waals surface area contributed by atoms with Gasteiger partial charge < -0.3 is 64.6 Å². The zero-order valence-electron chi connectivity index (χ0n) is 35.7. The summed E-state index contributed by atoms with van der Waals surface area (Å²) in [6.45, 7) is 2.39. The molecular weight excluding hydrogens is 889 g/mol. The van der Waals surface area contributed by atoms with E-state index in [2.05, 4.69) is 62.5 Å². The van der Waals surface area contributed by atoms with E-state index in [0.29, 0.717) is 5.56 Å². The van der Waals surface area contributed by atoms with Crippen LogP contribution < -0.4 is 54.4 Å². The van der Waals surface area contributed by atoms with Gasteiger partial charge in [0.2, 0.25) is 53.2 Å². The van der Waals surface area contributed by atoms with E-state index in [9.17, 15) is 58.2 Å². The molecule has 9 amide bonds. The summed E-state index contributed by atoms with van der Waals surface area (Å²) in [5.41, 5.74) is 18.3. The third-order valence-electron chi connectivity index (χ3n) is 9.40. The third-order valence-corrected chi connectivity index (χ3v) is 10.1. The maximum atomic E-state index is 13.8. The summed E-state index contributed by atoms with van der Waals surface area (Å²) in [4.78, 5) is 129. The van der Waals surface area contributed by atoms with Crippen molar-refractivity contribution in [3.05, 3.63) is 71.8 Å². The molecule has 0 bridgehead atoms. The lowest BCUT2D eigenvalue weighted by Gasteiger charge is -2.27. The number of aliphatic hydroxyl groups excluding tert-OH is 1. The molecule has 0 unspecified atom stereocenters. The standard InChI is InChI=1S/C41H58N10O12S2/c1-21(2)13-25(35(56)51-31(20-65)41(62)63)46-40(61)30(19-64)50-39(60)29(18-52)49-38(59)28(17-33(44)54)48-37(58)27(16-32(43)53)47-36(57)26(15-23-11-7-4-8-12-23)45-34(55)24(42)14-22-9-5-3-6-10-22/h3-12,21,24-31,52,64-65H,13-20,42H2,1-2H3,(H2,43,53)(H2,44,54)(H,45,55)(H,46,61)(H,47,57)(H,48,58)(H,49,59)(H,50,60)(H,51,56)(H,62,63)/t24-,25-,26-,27-,28-,29-,30-,31-/m0/s1. The van der Waals surface area contributed by atoms with Crippen molar-refractivity contribution < 1.29 is 58.2 Å². The Hall–Kier alpha value is -6.24. The van der Waals surface area contributed by atoms with Crippen molar-refractivity contribution in [2.45, 2.75) is 94.3 Å². The van der Waals surface area contributed by atoms with E-state index in [4.69, 9.17) is 17.2 Å². The van der Waals surface area contributed by atoms with Crippen molar-refractivity contribution in [2.75, 3.05) is 18.1 Å². The van der Waals surface area contributed by atoms with Crippen LogP contribution in [-0.4, -0.2) is 136 Å². The Morgan fingerprint density at radius 1 is 0.508 bits per heavy atom. The molecule has 15 N–H and O–H groups in total. The molecule has 356 valence electrons. The zero-order valence-corrected chi connectivity index (χ0v) is 37.5. The largest absolute Gasteiger partial charge is 0.480 e. The topological polar surface area (TPSA) is 373 Å². The molecule has 0 aliphatic carbocycles. The molecule has 24 heteroatoms. The van der Waals surface area contributed by atoms with Crippen LogP contribution in [0.25, 0.3) is 0 Å². The number of primary amides is 2. The fraction of sp³-hybridized carbons (Fsp3) is 0.463. The Labute approximate surface area is 385 Å². The number of amides is 9. The molecule has 2 aromatic rings. The summed E-state index contributed by atoms with van der Waals surface area (Å²) in [6, 6.07) is 5.28. The average Bonchev–Trinajstić information content (AvgIpc) is 3.25. The first-order valence-corrected chi connectivity index (χ1v) is 21.5. The van der Waals surface area contributed by atoms with Gasteiger partial charge in [0.1, 0.15) is 42.3 Å². The Morgan fingerprint density at radius 3 is 1.29 bits per heavy atom. The van der Waals surface area contributed by atoms with Crippen LogP contribution in [0.15, 0.2) is 60.7 Å². The quantitative estimate of drug-likeness (QED) is 0.0362. The Balaban J connectivity index is 2.26. The monoisotopic (exact) mass is 946 g/mol. The van der Waals surface area contributed by atoms with Crippen molar-refractivity contribution in [1.29, 1.82) is 0 Å². The first-order chi connectivity index (χ1) is 30.7. The van der Waals surface area contributed by atoms with E-state index < -0.39 is 127 Å². The molecular formula is C41H58N10O12S2. The summed E-state index contributed by atoms with van der Waals surface area (Å²) in [5.74, 6) is -11.4. The SMILES string of the molecule is CC(C)C[C@H](NC(=O)[C@H](CS)NC(=O)[C@H](CO)NC(=O)[C@H](CC(N)=O)NC(=O)[C@H](CC(N)=O)NC(=O)[C@H](Cc1ccccc1)NC(=O)[C@@H](N)Cc1ccccc1)C(=O)N[C@@H](CS)C(=O)O. The van der Waals surface area contributed by atoms with Gasteiger partial charge >= 0.3 is 5.97 Å². The fourth-order valence-electron chi connectivity index (χ4n) is 6.03. The van der Waals surface area contributed by atoms with Crippen molar-refractivity contribution >= 4 is 84.4 Å². The van der Waals surface area contributed by atoms with E-state index in [1.165, 1.54) is 0 Å². The number of carbonyl (C=O) groups is 10. The highest BCUT2D eigenvalue weighted by atomic mass is 32.1. The van der Waals surface area contributed by atoms with Gasteiger partial charge in [0, 0.05) is 17.9 Å². The number of carbonyl (C=O) groups excluding carboxylic acids is 9. The minimum absolute atomic E-state index is 0.0602. The predicted molar refractivity (Wildman–Crippen MR) is 241 cm³/mol. The molecule has 0 aromatic heterocycles. The molecule has 0 radical (unpaired) electrons. The number of nitrogens with one attached hydrogen (secondary N) is 7. The van der Waals surface area contributed by atoms with Crippen molar-refractivity contribution in [1.82, 2.24) is 37.2 Å². The number of hydrogen-bond donors (Lipinski definition) is 14. The number of benzene rings is 2. The van der Waals surface area contributed by atoms with Crippen LogP contribution in [0, 0.1) is 5.92 Å². The van der Waals surface area contributed by atoms with Gasteiger partial charge in [0.25, 0.3) is 0 Å². The van der Waals surface area contributed by atoms with Crippen LogP contribution in [0.3, 0.4) is 0 Å². The number of hydrogen-bond acceptors (Lipinski definition) is 14. The van der Waals surface area contributed by atoms with E-state index >= 15 is 0 Å². The van der Waals surface area contributed by atoms with Crippen LogP contribution in [0.4, 0.5) is 0 Å². The molecule has 0 spiro atoms. The summed E-state index contributed by atoms with van der Waals surface area (Å²) in [5, 5.41) is 35.7. The minimum Gasteiger partial charge on any atom is -0.480 e. The van der Waals surface area contributed by atoms with Gasteiger partial charge in [-0.1, -0.05) is 74.5 Å². The second kappa shape index (κ2) is 27.8. The second-order valence-electron chi connectivity index (χ2n) is 15.3. The number of thiol groups is 2. The lowest BCUT2D eigenvalue weighted by molar-refractivity contribution is -0.141.